The van der Waals surface area contributed by atoms with Crippen molar-refractivity contribution < 1.29 is 4.74 Å². The monoisotopic (exact) mass is 334 g/mol. The summed E-state index contributed by atoms with van der Waals surface area (Å²) >= 11 is 3.46. The van der Waals surface area contributed by atoms with Gasteiger partial charge in [0.15, 0.2) is 0 Å². The van der Waals surface area contributed by atoms with E-state index in [-0.39, 0.29) is 6.10 Å². The summed E-state index contributed by atoms with van der Waals surface area (Å²) in [6, 6.07) is 9.92. The summed E-state index contributed by atoms with van der Waals surface area (Å²) in [5.41, 5.74) is 1.94. The smallest absolute Gasteiger partial charge is 0.132 e. The van der Waals surface area contributed by atoms with Crippen molar-refractivity contribution in [1.82, 2.24) is 9.97 Å². The van der Waals surface area contributed by atoms with E-state index in [2.05, 4.69) is 39.7 Å². The summed E-state index contributed by atoms with van der Waals surface area (Å²) in [4.78, 5) is 9.03. The predicted molar refractivity (Wildman–Crippen MR) is 85.0 cm³/mol. The van der Waals surface area contributed by atoms with Crippen molar-refractivity contribution in [2.75, 3.05) is 0 Å². The van der Waals surface area contributed by atoms with Crippen molar-refractivity contribution in [3.8, 4) is 17.0 Å². The van der Waals surface area contributed by atoms with Gasteiger partial charge in [0.05, 0.1) is 11.8 Å². The van der Waals surface area contributed by atoms with Gasteiger partial charge in [-0.05, 0) is 48.0 Å². The van der Waals surface area contributed by atoms with Crippen LogP contribution in [0.3, 0.4) is 0 Å². The molecule has 2 aromatic rings. The van der Waals surface area contributed by atoms with Crippen molar-refractivity contribution in [2.24, 2.45) is 0 Å². The minimum Gasteiger partial charge on any atom is -0.491 e. The van der Waals surface area contributed by atoms with Crippen LogP contribution in [-0.4, -0.2) is 16.1 Å². The Morgan fingerprint density at radius 3 is 2.45 bits per heavy atom. The molecule has 0 radical (unpaired) electrons. The van der Waals surface area contributed by atoms with Crippen LogP contribution in [0.15, 0.2) is 34.9 Å². The zero-order valence-electron chi connectivity index (χ0n) is 12.2. The lowest BCUT2D eigenvalue weighted by Gasteiger charge is -2.12. The highest BCUT2D eigenvalue weighted by Gasteiger charge is 2.09. The van der Waals surface area contributed by atoms with Gasteiger partial charge in [-0.15, -0.1) is 0 Å². The van der Waals surface area contributed by atoms with E-state index in [1.54, 1.807) is 0 Å². The number of hydrogen-bond donors (Lipinski definition) is 0. The summed E-state index contributed by atoms with van der Waals surface area (Å²) in [7, 11) is 0. The summed E-state index contributed by atoms with van der Waals surface area (Å²) in [6.07, 6.45) is 0.161. The lowest BCUT2D eigenvalue weighted by Crippen LogP contribution is -2.05. The Kier molecular flexibility index (Phi) is 4.76. The normalized spacial score (nSPS) is 11.2. The molecule has 106 valence electrons. The summed E-state index contributed by atoms with van der Waals surface area (Å²) in [5.74, 6) is 1.99. The van der Waals surface area contributed by atoms with Gasteiger partial charge in [0, 0.05) is 11.5 Å². The zero-order valence-corrected chi connectivity index (χ0v) is 13.8. The van der Waals surface area contributed by atoms with E-state index in [1.165, 1.54) is 0 Å². The van der Waals surface area contributed by atoms with Gasteiger partial charge in [0.25, 0.3) is 0 Å². The minimum atomic E-state index is 0.161. The third-order valence-electron chi connectivity index (χ3n) is 2.73. The van der Waals surface area contributed by atoms with E-state index in [4.69, 9.17) is 4.74 Å². The van der Waals surface area contributed by atoms with E-state index in [0.29, 0.717) is 5.92 Å². The van der Waals surface area contributed by atoms with Gasteiger partial charge in [-0.25, -0.2) is 9.97 Å². The summed E-state index contributed by atoms with van der Waals surface area (Å²) in [5, 5.41) is 0. The number of nitrogens with zero attached hydrogens (tertiary/aromatic N) is 2. The van der Waals surface area contributed by atoms with Crippen LogP contribution in [0.4, 0.5) is 0 Å². The molecule has 0 fully saturated rings. The fourth-order valence-corrected chi connectivity index (χ4v) is 2.24. The van der Waals surface area contributed by atoms with E-state index in [1.807, 2.05) is 44.2 Å². The fraction of sp³-hybridized carbons (Fsp3) is 0.375. The van der Waals surface area contributed by atoms with Gasteiger partial charge < -0.3 is 4.74 Å². The molecular formula is C16H19BrN2O. The number of hydrogen-bond acceptors (Lipinski definition) is 3. The minimum absolute atomic E-state index is 0.161. The number of ether oxygens (including phenoxy) is 1. The Morgan fingerprint density at radius 2 is 1.80 bits per heavy atom. The van der Waals surface area contributed by atoms with Crippen LogP contribution >= 0.6 is 15.9 Å². The maximum Gasteiger partial charge on any atom is 0.132 e. The largest absolute Gasteiger partial charge is 0.491 e. The molecule has 0 aliphatic carbocycles. The number of rotatable bonds is 4. The topological polar surface area (TPSA) is 35.0 Å². The van der Waals surface area contributed by atoms with Crippen molar-refractivity contribution in [2.45, 2.75) is 39.7 Å². The molecule has 2 rings (SSSR count). The molecule has 3 nitrogen and oxygen atoms in total. The first-order chi connectivity index (χ1) is 9.45. The second-order valence-corrected chi connectivity index (χ2v) is 6.10. The van der Waals surface area contributed by atoms with E-state index in [0.717, 1.165) is 27.4 Å². The van der Waals surface area contributed by atoms with Crippen molar-refractivity contribution >= 4 is 15.9 Å². The molecule has 0 unspecified atom stereocenters. The SMILES string of the molecule is CC(C)Oc1cccc(-c2cc(Br)nc(C(C)C)n2)c1. The highest BCUT2D eigenvalue weighted by atomic mass is 79.9. The van der Waals surface area contributed by atoms with Crippen LogP contribution in [0.1, 0.15) is 39.4 Å². The number of aromatic nitrogens is 2. The first-order valence-electron chi connectivity index (χ1n) is 6.77. The molecule has 0 amide bonds. The first kappa shape index (κ1) is 15.0. The molecule has 1 aromatic heterocycles. The average molecular weight is 335 g/mol. The van der Waals surface area contributed by atoms with Gasteiger partial charge in [-0.1, -0.05) is 26.0 Å². The Labute approximate surface area is 128 Å². The summed E-state index contributed by atoms with van der Waals surface area (Å²) < 4.78 is 6.54. The third-order valence-corrected chi connectivity index (χ3v) is 3.14. The highest BCUT2D eigenvalue weighted by molar-refractivity contribution is 9.10. The van der Waals surface area contributed by atoms with Gasteiger partial charge in [0.1, 0.15) is 16.2 Å². The molecule has 0 aliphatic rings. The zero-order chi connectivity index (χ0) is 14.7. The average Bonchev–Trinajstić information content (AvgIpc) is 2.37. The predicted octanol–water partition coefficient (Wildman–Crippen LogP) is 4.82. The molecule has 0 bridgehead atoms. The lowest BCUT2D eigenvalue weighted by atomic mass is 10.1. The molecule has 1 aromatic carbocycles. The maximum atomic E-state index is 5.73. The molecule has 0 spiro atoms. The van der Waals surface area contributed by atoms with E-state index >= 15 is 0 Å². The van der Waals surface area contributed by atoms with Crippen LogP contribution in [0.5, 0.6) is 5.75 Å². The van der Waals surface area contributed by atoms with Crippen LogP contribution in [0, 0.1) is 0 Å². The van der Waals surface area contributed by atoms with E-state index in [9.17, 15) is 0 Å². The van der Waals surface area contributed by atoms with Gasteiger partial charge in [-0.2, -0.15) is 0 Å². The van der Waals surface area contributed by atoms with Gasteiger partial charge >= 0.3 is 0 Å². The first-order valence-corrected chi connectivity index (χ1v) is 7.56. The Hall–Kier alpha value is -1.42. The molecule has 1 heterocycles. The molecule has 0 saturated carbocycles. The Balaban J connectivity index is 2.40. The highest BCUT2D eigenvalue weighted by Crippen LogP contribution is 2.26. The fourth-order valence-electron chi connectivity index (χ4n) is 1.84. The third kappa shape index (κ3) is 3.79. The van der Waals surface area contributed by atoms with Crippen molar-refractivity contribution in [3.63, 3.8) is 0 Å². The molecule has 0 aliphatic heterocycles. The molecule has 0 N–H and O–H groups in total. The standard InChI is InChI=1S/C16H19BrN2O/c1-10(2)16-18-14(9-15(17)19-16)12-6-5-7-13(8-12)20-11(3)4/h5-11H,1-4H3. The van der Waals surface area contributed by atoms with Crippen LogP contribution in [-0.2, 0) is 0 Å². The van der Waals surface area contributed by atoms with Crippen LogP contribution in [0.2, 0.25) is 0 Å². The summed E-state index contributed by atoms with van der Waals surface area (Å²) in [6.45, 7) is 8.21. The van der Waals surface area contributed by atoms with Crippen molar-refractivity contribution in [3.05, 3.63) is 40.8 Å². The Bertz CT molecular complexity index is 597. The van der Waals surface area contributed by atoms with Gasteiger partial charge in [-0.3, -0.25) is 0 Å². The van der Waals surface area contributed by atoms with Crippen LogP contribution < -0.4 is 4.74 Å². The molecule has 0 atom stereocenters. The van der Waals surface area contributed by atoms with Gasteiger partial charge in [0.2, 0.25) is 0 Å². The Morgan fingerprint density at radius 1 is 1.05 bits per heavy atom. The maximum absolute atomic E-state index is 5.73. The molecular weight excluding hydrogens is 316 g/mol. The lowest BCUT2D eigenvalue weighted by molar-refractivity contribution is 0.242. The van der Waals surface area contributed by atoms with E-state index < -0.39 is 0 Å². The molecule has 4 heteroatoms. The van der Waals surface area contributed by atoms with Crippen molar-refractivity contribution in [1.29, 1.82) is 0 Å². The van der Waals surface area contributed by atoms with Crippen LogP contribution in [0.25, 0.3) is 11.3 Å². The second kappa shape index (κ2) is 6.35. The quantitative estimate of drug-likeness (QED) is 0.752. The number of benzene rings is 1. The molecule has 0 saturated heterocycles. The number of halogens is 1. The second-order valence-electron chi connectivity index (χ2n) is 5.28. The molecule has 20 heavy (non-hydrogen) atoms.